The van der Waals surface area contributed by atoms with E-state index in [9.17, 15) is 14.9 Å². The van der Waals surface area contributed by atoms with E-state index in [0.29, 0.717) is 46.3 Å². The van der Waals surface area contributed by atoms with E-state index in [1.54, 1.807) is 44.2 Å². The van der Waals surface area contributed by atoms with Crippen molar-refractivity contribution in [1.29, 1.82) is 5.26 Å². The molecule has 176 valence electrons. The summed E-state index contributed by atoms with van der Waals surface area (Å²) in [5.41, 5.74) is 2.20. The minimum absolute atomic E-state index is 0.0177. The number of amides is 2. The van der Waals surface area contributed by atoms with Crippen LogP contribution >= 0.6 is 11.6 Å². The van der Waals surface area contributed by atoms with Gasteiger partial charge < -0.3 is 9.47 Å². The fraction of sp³-hybridized carbons (Fsp3) is 0.296. The van der Waals surface area contributed by atoms with Crippen molar-refractivity contribution in [3.8, 4) is 17.6 Å². The van der Waals surface area contributed by atoms with E-state index in [2.05, 4.69) is 0 Å². The molecule has 2 aromatic rings. The van der Waals surface area contributed by atoms with Crippen molar-refractivity contribution in [2.45, 2.75) is 46.8 Å². The summed E-state index contributed by atoms with van der Waals surface area (Å²) >= 11 is 6.22. The molecule has 1 aliphatic heterocycles. The van der Waals surface area contributed by atoms with E-state index < -0.39 is 11.8 Å². The van der Waals surface area contributed by atoms with Gasteiger partial charge in [-0.1, -0.05) is 42.8 Å². The van der Waals surface area contributed by atoms with E-state index in [1.807, 2.05) is 38.1 Å². The van der Waals surface area contributed by atoms with Crippen LogP contribution in [0.1, 0.15) is 45.2 Å². The largest absolute Gasteiger partial charge is 0.490 e. The van der Waals surface area contributed by atoms with Crippen molar-refractivity contribution < 1.29 is 19.1 Å². The number of hydrogen-bond donors (Lipinski definition) is 0. The zero-order valence-electron chi connectivity index (χ0n) is 19.7. The van der Waals surface area contributed by atoms with Crippen molar-refractivity contribution in [3.05, 3.63) is 75.3 Å². The highest BCUT2D eigenvalue weighted by Crippen LogP contribution is 2.33. The SMILES string of the molecule is CCOc1cc(/C=C2/C(=O)N(C(C)CC)C(=O)C(C#N)=C2C)ccc1OCc1ccccc1Cl. The molecule has 2 amide bonds. The van der Waals surface area contributed by atoms with Crippen molar-refractivity contribution >= 4 is 29.5 Å². The lowest BCUT2D eigenvalue weighted by Crippen LogP contribution is -2.47. The van der Waals surface area contributed by atoms with Gasteiger partial charge >= 0.3 is 0 Å². The highest BCUT2D eigenvalue weighted by Gasteiger charge is 2.37. The Balaban J connectivity index is 1.98. The summed E-state index contributed by atoms with van der Waals surface area (Å²) < 4.78 is 11.7. The van der Waals surface area contributed by atoms with Gasteiger partial charge in [0.25, 0.3) is 11.8 Å². The van der Waals surface area contributed by atoms with E-state index in [0.717, 1.165) is 5.56 Å². The first-order valence-electron chi connectivity index (χ1n) is 11.2. The number of benzene rings is 2. The molecule has 34 heavy (non-hydrogen) atoms. The molecule has 0 aliphatic carbocycles. The van der Waals surface area contributed by atoms with E-state index in [4.69, 9.17) is 21.1 Å². The van der Waals surface area contributed by atoms with Crippen LogP contribution in [-0.4, -0.2) is 29.4 Å². The standard InChI is InChI=1S/C27H27ClN2O4/c1-5-17(3)30-26(31)21(18(4)22(15-29)27(30)32)13-19-11-12-24(25(14-19)33-6-2)34-16-20-9-7-8-10-23(20)28/h7-14,17H,5-6,16H2,1-4H3/b21-13+. The average molecular weight is 479 g/mol. The number of ether oxygens (including phenoxy) is 2. The van der Waals surface area contributed by atoms with Gasteiger partial charge in [-0.2, -0.15) is 5.26 Å². The second-order valence-electron chi connectivity index (χ2n) is 7.93. The van der Waals surface area contributed by atoms with Gasteiger partial charge in [0, 0.05) is 22.2 Å². The van der Waals surface area contributed by atoms with Gasteiger partial charge in [-0.25, -0.2) is 0 Å². The quantitative estimate of drug-likeness (QED) is 0.358. The maximum atomic E-state index is 13.2. The fourth-order valence-electron chi connectivity index (χ4n) is 3.62. The molecule has 0 saturated carbocycles. The van der Waals surface area contributed by atoms with Crippen molar-refractivity contribution in [2.24, 2.45) is 0 Å². The van der Waals surface area contributed by atoms with Crippen molar-refractivity contribution in [2.75, 3.05) is 6.61 Å². The lowest BCUT2D eigenvalue weighted by Gasteiger charge is -2.31. The van der Waals surface area contributed by atoms with E-state index >= 15 is 0 Å². The van der Waals surface area contributed by atoms with Gasteiger partial charge in [-0.3, -0.25) is 14.5 Å². The lowest BCUT2D eigenvalue weighted by atomic mass is 9.92. The third-order valence-corrected chi connectivity index (χ3v) is 6.09. The Morgan fingerprint density at radius 2 is 1.82 bits per heavy atom. The molecule has 1 atom stereocenters. The summed E-state index contributed by atoms with van der Waals surface area (Å²) in [5, 5.41) is 10.2. The first kappa shape index (κ1) is 25.1. The number of carbonyl (C=O) groups excluding carboxylic acids is 2. The summed E-state index contributed by atoms with van der Waals surface area (Å²) in [4.78, 5) is 27.1. The van der Waals surface area contributed by atoms with Gasteiger partial charge in [-0.15, -0.1) is 0 Å². The van der Waals surface area contributed by atoms with E-state index in [-0.39, 0.29) is 18.2 Å². The van der Waals surface area contributed by atoms with Crippen LogP contribution in [0, 0.1) is 11.3 Å². The zero-order chi connectivity index (χ0) is 24.8. The molecule has 0 fully saturated rings. The van der Waals surface area contributed by atoms with Crippen molar-refractivity contribution in [1.82, 2.24) is 4.90 Å². The Kier molecular flexibility index (Phi) is 8.14. The first-order valence-corrected chi connectivity index (χ1v) is 11.5. The zero-order valence-corrected chi connectivity index (χ0v) is 20.5. The van der Waals surface area contributed by atoms with Crippen LogP contribution in [0.3, 0.4) is 0 Å². The topological polar surface area (TPSA) is 79.6 Å². The monoisotopic (exact) mass is 478 g/mol. The highest BCUT2D eigenvalue weighted by atomic mass is 35.5. The van der Waals surface area contributed by atoms with Crippen LogP contribution in [0.2, 0.25) is 5.02 Å². The molecule has 0 aromatic heterocycles. The third-order valence-electron chi connectivity index (χ3n) is 5.72. The van der Waals surface area contributed by atoms with Gasteiger partial charge in [0.15, 0.2) is 11.5 Å². The first-order chi connectivity index (χ1) is 16.3. The molecular formula is C27H27ClN2O4. The molecular weight excluding hydrogens is 452 g/mol. The molecule has 1 aliphatic rings. The summed E-state index contributed by atoms with van der Waals surface area (Å²) in [6.07, 6.45) is 2.27. The van der Waals surface area contributed by atoms with Crippen LogP contribution in [0.25, 0.3) is 6.08 Å². The van der Waals surface area contributed by atoms with Gasteiger partial charge in [0.2, 0.25) is 0 Å². The minimum atomic E-state index is -0.546. The molecule has 0 radical (unpaired) electrons. The third kappa shape index (κ3) is 5.16. The maximum Gasteiger partial charge on any atom is 0.271 e. The number of rotatable bonds is 8. The smallest absolute Gasteiger partial charge is 0.271 e. The number of halogens is 1. The molecule has 1 unspecified atom stereocenters. The Hall–Kier alpha value is -3.56. The van der Waals surface area contributed by atoms with Gasteiger partial charge in [0.05, 0.1) is 6.61 Å². The summed E-state index contributed by atoms with van der Waals surface area (Å²) in [5.74, 6) is 0.104. The van der Waals surface area contributed by atoms with Crippen LogP contribution in [-0.2, 0) is 16.2 Å². The predicted octanol–water partition coefficient (Wildman–Crippen LogP) is 5.71. The molecule has 1 heterocycles. The predicted molar refractivity (Wildman–Crippen MR) is 131 cm³/mol. The summed E-state index contributed by atoms with van der Waals surface area (Å²) in [7, 11) is 0. The molecule has 2 aromatic carbocycles. The summed E-state index contributed by atoms with van der Waals surface area (Å²) in [6, 6.07) is 14.4. The lowest BCUT2D eigenvalue weighted by molar-refractivity contribution is -0.142. The number of carbonyl (C=O) groups is 2. The molecule has 0 N–H and O–H groups in total. The second-order valence-corrected chi connectivity index (χ2v) is 8.33. The molecule has 3 rings (SSSR count). The van der Waals surface area contributed by atoms with Crippen LogP contribution in [0.4, 0.5) is 0 Å². The average Bonchev–Trinajstić information content (AvgIpc) is 2.82. The maximum absolute atomic E-state index is 13.2. The summed E-state index contributed by atoms with van der Waals surface area (Å²) in [6.45, 7) is 7.88. The van der Waals surface area contributed by atoms with Crippen LogP contribution in [0.15, 0.2) is 59.2 Å². The van der Waals surface area contributed by atoms with Gasteiger partial charge in [0.1, 0.15) is 18.2 Å². The molecule has 0 bridgehead atoms. The highest BCUT2D eigenvalue weighted by molar-refractivity contribution is 6.31. The van der Waals surface area contributed by atoms with Crippen LogP contribution < -0.4 is 9.47 Å². The van der Waals surface area contributed by atoms with Gasteiger partial charge in [-0.05, 0) is 62.6 Å². The number of nitriles is 1. The molecule has 7 heteroatoms. The molecule has 6 nitrogen and oxygen atoms in total. The Morgan fingerprint density at radius 3 is 2.47 bits per heavy atom. The molecule has 0 spiro atoms. The number of imide groups is 1. The Bertz CT molecular complexity index is 1210. The van der Waals surface area contributed by atoms with Crippen molar-refractivity contribution in [3.63, 3.8) is 0 Å². The van der Waals surface area contributed by atoms with Crippen LogP contribution in [0.5, 0.6) is 11.5 Å². The normalized spacial score (nSPS) is 16.0. The minimum Gasteiger partial charge on any atom is -0.490 e. The number of nitrogens with zero attached hydrogens (tertiary/aromatic N) is 2. The Labute approximate surface area is 205 Å². The van der Waals surface area contributed by atoms with E-state index in [1.165, 1.54) is 4.90 Å². The Morgan fingerprint density at radius 1 is 1.09 bits per heavy atom. The fourth-order valence-corrected chi connectivity index (χ4v) is 3.81. The molecule has 0 saturated heterocycles. The second kappa shape index (κ2) is 11.0. The number of hydrogen-bond acceptors (Lipinski definition) is 5.